The van der Waals surface area contributed by atoms with Gasteiger partial charge < -0.3 is 9.84 Å². The third-order valence-electron chi connectivity index (χ3n) is 3.35. The maximum Gasteiger partial charge on any atom is 0.331 e. The number of hydrogen-bond acceptors (Lipinski definition) is 4. The molecule has 23 heavy (non-hydrogen) atoms. The van der Waals surface area contributed by atoms with Crippen LogP contribution in [0.3, 0.4) is 0 Å². The van der Waals surface area contributed by atoms with E-state index in [0.29, 0.717) is 12.8 Å². The van der Waals surface area contributed by atoms with Crippen molar-refractivity contribution in [3.63, 3.8) is 0 Å². The zero-order valence-corrected chi connectivity index (χ0v) is 12.8. The summed E-state index contributed by atoms with van der Waals surface area (Å²) in [6, 6.07) is 9.52. The van der Waals surface area contributed by atoms with Crippen LogP contribution in [0.15, 0.2) is 60.7 Å². The van der Waals surface area contributed by atoms with E-state index in [1.165, 1.54) is 12.2 Å². The molecule has 120 valence electrons. The number of carbonyl (C=O) groups is 2. The van der Waals surface area contributed by atoms with E-state index in [0.717, 1.165) is 5.56 Å². The first-order valence-electron chi connectivity index (χ1n) is 7.61. The van der Waals surface area contributed by atoms with E-state index in [4.69, 9.17) is 4.74 Å². The molecule has 0 unspecified atom stereocenters. The van der Waals surface area contributed by atoms with Crippen molar-refractivity contribution in [1.82, 2.24) is 0 Å². The van der Waals surface area contributed by atoms with Crippen LogP contribution in [0.25, 0.3) is 6.08 Å². The fourth-order valence-corrected chi connectivity index (χ4v) is 2.18. The third kappa shape index (κ3) is 6.45. The molecule has 0 aromatic heterocycles. The maximum absolute atomic E-state index is 11.8. The zero-order valence-electron chi connectivity index (χ0n) is 12.8. The Hall–Kier alpha value is -2.46. The lowest BCUT2D eigenvalue weighted by Crippen LogP contribution is -2.17. The molecular weight excluding hydrogens is 292 g/mol. The van der Waals surface area contributed by atoms with E-state index in [1.54, 1.807) is 24.3 Å². The molecule has 1 heterocycles. The molecular formula is C19H20O4. The van der Waals surface area contributed by atoms with E-state index in [2.05, 4.69) is 0 Å². The normalized spacial score (nSPS) is 19.2. The van der Waals surface area contributed by atoms with Gasteiger partial charge in [-0.1, -0.05) is 48.6 Å². The molecule has 1 aromatic carbocycles. The predicted octanol–water partition coefficient (Wildman–Crippen LogP) is 2.84. The van der Waals surface area contributed by atoms with Gasteiger partial charge in [-0.05, 0) is 24.1 Å². The van der Waals surface area contributed by atoms with Crippen molar-refractivity contribution in [3.8, 4) is 0 Å². The Morgan fingerprint density at radius 3 is 2.87 bits per heavy atom. The number of cyclic esters (lactones) is 1. The number of carbonyl (C=O) groups excluding carboxylic acids is 2. The number of hydrogen-bond donors (Lipinski definition) is 1. The zero-order chi connectivity index (χ0) is 16.5. The maximum atomic E-state index is 11.8. The molecule has 0 fully saturated rings. The van der Waals surface area contributed by atoms with Gasteiger partial charge in [-0.2, -0.15) is 0 Å². The number of benzene rings is 1. The van der Waals surface area contributed by atoms with Crippen molar-refractivity contribution in [1.29, 1.82) is 0 Å². The van der Waals surface area contributed by atoms with Crippen molar-refractivity contribution in [3.05, 3.63) is 66.3 Å². The molecule has 4 nitrogen and oxygen atoms in total. The van der Waals surface area contributed by atoms with E-state index < -0.39 is 6.10 Å². The Labute approximate surface area is 135 Å². The largest absolute Gasteiger partial charge is 0.455 e. The van der Waals surface area contributed by atoms with Crippen LogP contribution in [0.2, 0.25) is 0 Å². The van der Waals surface area contributed by atoms with Gasteiger partial charge in [0.15, 0.2) is 5.78 Å². The average Bonchev–Trinajstić information content (AvgIpc) is 2.54. The highest BCUT2D eigenvalue weighted by Crippen LogP contribution is 2.10. The van der Waals surface area contributed by atoms with Gasteiger partial charge in [0, 0.05) is 18.9 Å². The van der Waals surface area contributed by atoms with Crippen LogP contribution in [0.5, 0.6) is 0 Å². The quantitative estimate of drug-likeness (QED) is 0.478. The van der Waals surface area contributed by atoms with Gasteiger partial charge >= 0.3 is 5.97 Å². The topological polar surface area (TPSA) is 63.6 Å². The number of esters is 1. The number of ether oxygens (including phenoxy) is 1. The monoisotopic (exact) mass is 312 g/mol. The van der Waals surface area contributed by atoms with Gasteiger partial charge in [-0.3, -0.25) is 4.79 Å². The number of rotatable bonds is 7. The second kappa shape index (κ2) is 8.86. The van der Waals surface area contributed by atoms with Gasteiger partial charge in [0.2, 0.25) is 0 Å². The van der Waals surface area contributed by atoms with Crippen LogP contribution in [0, 0.1) is 0 Å². The summed E-state index contributed by atoms with van der Waals surface area (Å²) in [5.41, 5.74) is 0.947. The summed E-state index contributed by atoms with van der Waals surface area (Å²) in [5, 5.41) is 9.87. The van der Waals surface area contributed by atoms with Crippen LogP contribution < -0.4 is 0 Å². The van der Waals surface area contributed by atoms with E-state index >= 15 is 0 Å². The Balaban J connectivity index is 1.72. The van der Waals surface area contributed by atoms with Gasteiger partial charge in [0.1, 0.15) is 6.10 Å². The first-order chi connectivity index (χ1) is 11.1. The predicted molar refractivity (Wildman–Crippen MR) is 88.5 cm³/mol. The molecule has 1 aliphatic rings. The summed E-state index contributed by atoms with van der Waals surface area (Å²) < 4.78 is 5.06. The molecule has 2 rings (SSSR count). The minimum absolute atomic E-state index is 0.0675. The molecule has 1 N–H and O–H groups in total. The molecule has 0 aliphatic carbocycles. The van der Waals surface area contributed by atoms with E-state index in [1.807, 2.05) is 30.3 Å². The van der Waals surface area contributed by atoms with Crippen LogP contribution in [0.1, 0.15) is 24.8 Å². The molecule has 1 aromatic rings. The van der Waals surface area contributed by atoms with E-state index in [-0.39, 0.29) is 24.3 Å². The van der Waals surface area contributed by atoms with Gasteiger partial charge in [-0.15, -0.1) is 0 Å². The number of ketones is 1. The fourth-order valence-electron chi connectivity index (χ4n) is 2.18. The Morgan fingerprint density at radius 1 is 1.35 bits per heavy atom. The smallest absolute Gasteiger partial charge is 0.331 e. The molecule has 0 radical (unpaired) electrons. The molecule has 2 atom stereocenters. The Kier molecular flexibility index (Phi) is 6.51. The summed E-state index contributed by atoms with van der Waals surface area (Å²) >= 11 is 0. The Bertz CT molecular complexity index is 614. The summed E-state index contributed by atoms with van der Waals surface area (Å²) in [6.07, 6.45) is 9.89. The van der Waals surface area contributed by atoms with Crippen LogP contribution in [-0.4, -0.2) is 29.1 Å². The average molecular weight is 312 g/mol. The van der Waals surface area contributed by atoms with Gasteiger partial charge in [0.05, 0.1) is 6.10 Å². The van der Waals surface area contributed by atoms with E-state index in [9.17, 15) is 14.7 Å². The summed E-state index contributed by atoms with van der Waals surface area (Å²) in [4.78, 5) is 22.8. The standard InChI is InChI=1S/C19H20O4/c20-16(8-4-9-18-10-5-11-19(22)23-18)14-17(21)13-12-15-6-2-1-3-7-15/h1-7,9,11-13,16,18,20H,8,10,14H2/b9-4+,13-12+/t16-,18-/m1/s1. The lowest BCUT2D eigenvalue weighted by molar-refractivity contribution is -0.141. The minimum Gasteiger partial charge on any atom is -0.455 e. The lowest BCUT2D eigenvalue weighted by Gasteiger charge is -2.14. The summed E-state index contributed by atoms with van der Waals surface area (Å²) in [5.74, 6) is -0.477. The van der Waals surface area contributed by atoms with Crippen LogP contribution in [0.4, 0.5) is 0 Å². The summed E-state index contributed by atoms with van der Waals surface area (Å²) in [7, 11) is 0. The van der Waals surface area contributed by atoms with Crippen molar-refractivity contribution < 1.29 is 19.4 Å². The molecule has 0 saturated heterocycles. The first kappa shape index (κ1) is 16.9. The highest BCUT2D eigenvalue weighted by molar-refractivity contribution is 5.93. The van der Waals surface area contributed by atoms with Crippen molar-refractivity contribution in [2.24, 2.45) is 0 Å². The van der Waals surface area contributed by atoms with Crippen LogP contribution in [-0.2, 0) is 14.3 Å². The van der Waals surface area contributed by atoms with Gasteiger partial charge in [-0.25, -0.2) is 4.79 Å². The third-order valence-corrected chi connectivity index (χ3v) is 3.35. The molecule has 0 saturated carbocycles. The van der Waals surface area contributed by atoms with Crippen molar-refractivity contribution in [2.45, 2.75) is 31.5 Å². The first-order valence-corrected chi connectivity index (χ1v) is 7.61. The molecule has 1 aliphatic heterocycles. The molecule has 4 heteroatoms. The van der Waals surface area contributed by atoms with Crippen molar-refractivity contribution >= 4 is 17.8 Å². The fraction of sp³-hybridized carbons (Fsp3) is 0.263. The second-order valence-electron chi connectivity index (χ2n) is 5.35. The minimum atomic E-state index is -0.742. The SMILES string of the molecule is O=C(/C=C/c1ccccc1)C[C@H](O)C/C=C/[C@@H]1CC=CC(=O)O1. The second-order valence-corrected chi connectivity index (χ2v) is 5.35. The number of allylic oxidation sites excluding steroid dienone is 1. The Morgan fingerprint density at radius 2 is 2.13 bits per heavy atom. The number of aliphatic hydroxyl groups excluding tert-OH is 1. The summed E-state index contributed by atoms with van der Waals surface area (Å²) in [6.45, 7) is 0. The molecule has 0 amide bonds. The van der Waals surface area contributed by atoms with Crippen LogP contribution >= 0.6 is 0 Å². The van der Waals surface area contributed by atoms with Crippen molar-refractivity contribution in [2.75, 3.05) is 0 Å². The molecule has 0 bridgehead atoms. The highest BCUT2D eigenvalue weighted by atomic mass is 16.5. The lowest BCUT2D eigenvalue weighted by atomic mass is 10.1. The number of aliphatic hydroxyl groups is 1. The van der Waals surface area contributed by atoms with Gasteiger partial charge in [0.25, 0.3) is 0 Å². The highest BCUT2D eigenvalue weighted by Gasteiger charge is 2.13. The molecule has 0 spiro atoms.